The molecule has 2 amide bonds. The van der Waals surface area contributed by atoms with E-state index in [1.807, 2.05) is 38.1 Å². The predicted octanol–water partition coefficient (Wildman–Crippen LogP) is 3.20. The summed E-state index contributed by atoms with van der Waals surface area (Å²) in [5.74, 6) is -0.348. The fourth-order valence-corrected chi connectivity index (χ4v) is 3.02. The average molecular weight is 408 g/mol. The van der Waals surface area contributed by atoms with Gasteiger partial charge in [0.1, 0.15) is 6.04 Å². The second kappa shape index (κ2) is 10.6. The Morgan fingerprint density at radius 1 is 1.14 bits per heavy atom. The van der Waals surface area contributed by atoms with Crippen molar-refractivity contribution in [1.29, 1.82) is 0 Å². The van der Waals surface area contributed by atoms with Crippen LogP contribution in [-0.2, 0) is 10.2 Å². The predicted molar refractivity (Wildman–Crippen MR) is 117 cm³/mol. The number of halogens is 1. The van der Waals surface area contributed by atoms with Gasteiger partial charge in [-0.05, 0) is 42.0 Å². The van der Waals surface area contributed by atoms with Crippen molar-refractivity contribution in [2.45, 2.75) is 52.5 Å². The first-order valence-corrected chi connectivity index (χ1v) is 9.76. The van der Waals surface area contributed by atoms with Crippen LogP contribution < -0.4 is 16.0 Å². The monoisotopic (exact) mass is 407 g/mol. The van der Waals surface area contributed by atoms with E-state index < -0.39 is 6.04 Å². The molecular formula is C22H34ClN3O2. The summed E-state index contributed by atoms with van der Waals surface area (Å²) < 4.78 is 0. The molecule has 0 fully saturated rings. The summed E-state index contributed by atoms with van der Waals surface area (Å²) in [4.78, 5) is 25.2. The molecule has 1 aliphatic rings. The van der Waals surface area contributed by atoms with Crippen LogP contribution in [0.25, 0.3) is 0 Å². The van der Waals surface area contributed by atoms with Gasteiger partial charge < -0.3 is 16.0 Å². The maximum atomic E-state index is 12.6. The molecule has 6 heteroatoms. The highest BCUT2D eigenvalue weighted by atomic mass is 35.5. The van der Waals surface area contributed by atoms with Gasteiger partial charge in [-0.25, -0.2) is 0 Å². The smallest absolute Gasteiger partial charge is 0.251 e. The lowest BCUT2D eigenvalue weighted by Crippen LogP contribution is -2.50. The zero-order valence-electron chi connectivity index (χ0n) is 17.6. The molecule has 0 aromatic heterocycles. The second-order valence-electron chi connectivity index (χ2n) is 8.56. The van der Waals surface area contributed by atoms with Gasteiger partial charge in [0.2, 0.25) is 5.91 Å². The quantitative estimate of drug-likeness (QED) is 0.634. The first-order chi connectivity index (χ1) is 12.7. The SMILES string of the molecule is CC(C)C(NC(=O)c1ccc(C(C)(C)C)cc1)C(=O)NCC1=CCNCC1.Cl. The molecule has 0 bridgehead atoms. The highest BCUT2D eigenvalue weighted by Gasteiger charge is 2.25. The molecule has 1 atom stereocenters. The van der Waals surface area contributed by atoms with Crippen molar-refractivity contribution in [3.05, 3.63) is 47.0 Å². The third kappa shape index (κ3) is 6.95. The van der Waals surface area contributed by atoms with Crippen molar-refractivity contribution in [1.82, 2.24) is 16.0 Å². The van der Waals surface area contributed by atoms with E-state index in [4.69, 9.17) is 0 Å². The highest BCUT2D eigenvalue weighted by molar-refractivity contribution is 5.97. The molecule has 1 aromatic rings. The molecule has 0 radical (unpaired) electrons. The number of carbonyl (C=O) groups is 2. The lowest BCUT2D eigenvalue weighted by Gasteiger charge is -2.23. The van der Waals surface area contributed by atoms with Crippen LogP contribution in [-0.4, -0.2) is 37.5 Å². The van der Waals surface area contributed by atoms with Crippen LogP contribution in [0.4, 0.5) is 0 Å². The summed E-state index contributed by atoms with van der Waals surface area (Å²) >= 11 is 0. The van der Waals surface area contributed by atoms with E-state index >= 15 is 0 Å². The molecule has 0 spiro atoms. The third-order valence-corrected chi connectivity index (χ3v) is 4.90. The van der Waals surface area contributed by atoms with Crippen LogP contribution in [0, 0.1) is 5.92 Å². The number of carbonyl (C=O) groups excluding carboxylic acids is 2. The Morgan fingerprint density at radius 2 is 1.79 bits per heavy atom. The van der Waals surface area contributed by atoms with Gasteiger partial charge in [0.25, 0.3) is 5.91 Å². The minimum Gasteiger partial charge on any atom is -0.351 e. The molecule has 1 heterocycles. The Hall–Kier alpha value is -1.85. The molecule has 3 N–H and O–H groups in total. The van der Waals surface area contributed by atoms with Crippen LogP contribution >= 0.6 is 12.4 Å². The standard InChI is InChI=1S/C22H33N3O2.ClH/c1-15(2)19(21(27)24-14-16-10-12-23-13-11-16)25-20(26)17-6-8-18(9-7-17)22(3,4)5;/h6-10,15,19,23H,11-14H2,1-5H3,(H,24,27)(H,25,26);1H. The second-order valence-corrected chi connectivity index (χ2v) is 8.56. The molecule has 1 unspecified atom stereocenters. The molecular weight excluding hydrogens is 374 g/mol. The number of nitrogens with one attached hydrogen (secondary N) is 3. The van der Waals surface area contributed by atoms with Crippen molar-refractivity contribution in [3.8, 4) is 0 Å². The number of rotatable bonds is 6. The molecule has 0 aliphatic carbocycles. The van der Waals surface area contributed by atoms with E-state index in [0.29, 0.717) is 12.1 Å². The molecule has 156 valence electrons. The van der Waals surface area contributed by atoms with Crippen molar-refractivity contribution >= 4 is 24.2 Å². The van der Waals surface area contributed by atoms with Gasteiger partial charge in [-0.3, -0.25) is 9.59 Å². The van der Waals surface area contributed by atoms with E-state index in [-0.39, 0.29) is 35.6 Å². The number of hydrogen-bond donors (Lipinski definition) is 3. The van der Waals surface area contributed by atoms with Crippen molar-refractivity contribution < 1.29 is 9.59 Å². The van der Waals surface area contributed by atoms with Crippen molar-refractivity contribution in [2.24, 2.45) is 5.92 Å². The molecule has 1 aromatic carbocycles. The van der Waals surface area contributed by atoms with Crippen LogP contribution in [0.15, 0.2) is 35.9 Å². The Labute approximate surface area is 175 Å². The topological polar surface area (TPSA) is 70.2 Å². The van der Waals surface area contributed by atoms with Gasteiger partial charge in [-0.1, -0.05) is 58.4 Å². The number of amides is 2. The summed E-state index contributed by atoms with van der Waals surface area (Å²) in [6, 6.07) is 7.05. The maximum Gasteiger partial charge on any atom is 0.251 e. The third-order valence-electron chi connectivity index (χ3n) is 4.90. The fraction of sp³-hybridized carbons (Fsp3) is 0.545. The first-order valence-electron chi connectivity index (χ1n) is 9.76. The van der Waals surface area contributed by atoms with Crippen LogP contribution in [0.1, 0.15) is 57.0 Å². The largest absolute Gasteiger partial charge is 0.351 e. The summed E-state index contributed by atoms with van der Waals surface area (Å²) in [6.45, 7) is 12.6. The zero-order valence-corrected chi connectivity index (χ0v) is 18.4. The molecule has 5 nitrogen and oxygen atoms in total. The Morgan fingerprint density at radius 3 is 2.29 bits per heavy atom. The maximum absolute atomic E-state index is 12.6. The first kappa shape index (κ1) is 24.2. The summed E-state index contributed by atoms with van der Waals surface area (Å²) in [7, 11) is 0. The van der Waals surface area contributed by atoms with Crippen LogP contribution in [0.3, 0.4) is 0 Å². The van der Waals surface area contributed by atoms with E-state index in [1.54, 1.807) is 0 Å². The zero-order chi connectivity index (χ0) is 20.0. The van der Waals surface area contributed by atoms with E-state index in [0.717, 1.165) is 19.5 Å². The lowest BCUT2D eigenvalue weighted by molar-refractivity contribution is -0.123. The summed E-state index contributed by atoms with van der Waals surface area (Å²) in [5.41, 5.74) is 3.02. The van der Waals surface area contributed by atoms with Gasteiger partial charge >= 0.3 is 0 Å². The van der Waals surface area contributed by atoms with Crippen LogP contribution in [0.5, 0.6) is 0 Å². The van der Waals surface area contributed by atoms with Gasteiger partial charge in [0.05, 0.1) is 0 Å². The lowest BCUT2D eigenvalue weighted by atomic mass is 9.86. The fourth-order valence-electron chi connectivity index (χ4n) is 3.02. The summed E-state index contributed by atoms with van der Waals surface area (Å²) in [5, 5.41) is 9.12. The normalized spacial score (nSPS) is 15.3. The Bertz CT molecular complexity index is 691. The van der Waals surface area contributed by atoms with E-state index in [2.05, 4.69) is 42.8 Å². The molecule has 0 saturated heterocycles. The van der Waals surface area contributed by atoms with Gasteiger partial charge in [0.15, 0.2) is 0 Å². The molecule has 2 rings (SSSR count). The van der Waals surface area contributed by atoms with Gasteiger partial charge in [-0.15, -0.1) is 12.4 Å². The van der Waals surface area contributed by atoms with Crippen molar-refractivity contribution in [2.75, 3.05) is 19.6 Å². The van der Waals surface area contributed by atoms with Crippen molar-refractivity contribution in [3.63, 3.8) is 0 Å². The molecule has 0 saturated carbocycles. The van der Waals surface area contributed by atoms with Crippen LogP contribution in [0.2, 0.25) is 0 Å². The number of benzene rings is 1. The Kier molecular flexibility index (Phi) is 9.18. The molecule has 1 aliphatic heterocycles. The Balaban J connectivity index is 0.00000392. The van der Waals surface area contributed by atoms with Gasteiger partial charge in [0, 0.05) is 18.7 Å². The average Bonchev–Trinajstić information content (AvgIpc) is 2.64. The number of hydrogen-bond acceptors (Lipinski definition) is 3. The minimum absolute atomic E-state index is 0. The highest BCUT2D eigenvalue weighted by Crippen LogP contribution is 2.22. The van der Waals surface area contributed by atoms with E-state index in [1.165, 1.54) is 11.1 Å². The summed E-state index contributed by atoms with van der Waals surface area (Å²) in [6.07, 6.45) is 3.06. The molecule has 28 heavy (non-hydrogen) atoms. The van der Waals surface area contributed by atoms with E-state index in [9.17, 15) is 9.59 Å². The van der Waals surface area contributed by atoms with Gasteiger partial charge in [-0.2, -0.15) is 0 Å². The minimum atomic E-state index is -0.554.